The zero-order valence-electron chi connectivity index (χ0n) is 20.5. The highest BCUT2D eigenvalue weighted by Crippen LogP contribution is 2.39. The normalized spacial score (nSPS) is 14.2. The summed E-state index contributed by atoms with van der Waals surface area (Å²) in [4.78, 5) is 41.0. The topological polar surface area (TPSA) is 141 Å². The Labute approximate surface area is 217 Å². The quantitative estimate of drug-likeness (QED) is 0.409. The standard InChI is InChI=1S/C26H28FN5O4S/c1-14-7-12-19(36-2)18(13-14)32(26(35)23-20(28)21(24(29)33)31-37-23)22(15-8-10-16(27)11-9-15)25(34)30-17-5-3-4-6-17/h7-13,17,22H,3-6,28H2,1-2H3,(H2,29,33)(H,30,34)/t22-/m1/s1. The number of carbonyl (C=O) groups excluding carboxylic acids is 3. The van der Waals surface area contributed by atoms with Gasteiger partial charge in [0.05, 0.1) is 18.5 Å². The number of rotatable bonds is 8. The number of anilines is 2. The summed E-state index contributed by atoms with van der Waals surface area (Å²) in [7, 11) is 1.45. The van der Waals surface area contributed by atoms with Crippen LogP contribution in [0, 0.1) is 12.7 Å². The fourth-order valence-corrected chi connectivity index (χ4v) is 5.25. The summed E-state index contributed by atoms with van der Waals surface area (Å²) in [5, 5.41) is 3.05. The van der Waals surface area contributed by atoms with Crippen molar-refractivity contribution in [3.63, 3.8) is 0 Å². The van der Waals surface area contributed by atoms with Crippen LogP contribution in [0.1, 0.15) is 63.0 Å². The third-order valence-corrected chi connectivity index (χ3v) is 7.21. The lowest BCUT2D eigenvalue weighted by Crippen LogP contribution is -2.46. The summed E-state index contributed by atoms with van der Waals surface area (Å²) in [5.74, 6) is -2.14. The second-order valence-electron chi connectivity index (χ2n) is 8.93. The Bertz CT molecular complexity index is 1320. The average molecular weight is 526 g/mol. The van der Waals surface area contributed by atoms with Crippen molar-refractivity contribution in [2.45, 2.75) is 44.7 Å². The number of primary amides is 1. The number of ether oxygens (including phenoxy) is 1. The summed E-state index contributed by atoms with van der Waals surface area (Å²) in [6.07, 6.45) is 3.64. The molecule has 0 unspecified atom stereocenters. The molecule has 0 saturated heterocycles. The van der Waals surface area contributed by atoms with Gasteiger partial charge < -0.3 is 21.5 Å². The van der Waals surface area contributed by atoms with E-state index in [1.165, 1.54) is 36.3 Å². The molecule has 0 aliphatic heterocycles. The average Bonchev–Trinajstić information content (AvgIpc) is 3.52. The van der Waals surface area contributed by atoms with Crippen LogP contribution < -0.4 is 26.4 Å². The van der Waals surface area contributed by atoms with Crippen LogP contribution in [0.2, 0.25) is 0 Å². The van der Waals surface area contributed by atoms with Crippen molar-refractivity contribution in [3.8, 4) is 5.75 Å². The van der Waals surface area contributed by atoms with Gasteiger partial charge in [-0.3, -0.25) is 19.3 Å². The maximum atomic E-state index is 14.2. The van der Waals surface area contributed by atoms with E-state index in [0.717, 1.165) is 31.2 Å². The van der Waals surface area contributed by atoms with E-state index in [2.05, 4.69) is 9.69 Å². The fourth-order valence-electron chi connectivity index (χ4n) is 4.51. The Balaban J connectivity index is 1.91. The summed E-state index contributed by atoms with van der Waals surface area (Å²) < 4.78 is 23.4. The lowest BCUT2D eigenvalue weighted by Gasteiger charge is -2.33. The van der Waals surface area contributed by atoms with E-state index in [9.17, 15) is 18.8 Å². The molecule has 11 heteroatoms. The molecule has 1 saturated carbocycles. The van der Waals surface area contributed by atoms with Gasteiger partial charge in [0.25, 0.3) is 11.8 Å². The van der Waals surface area contributed by atoms with Crippen LogP contribution in [-0.4, -0.2) is 35.2 Å². The van der Waals surface area contributed by atoms with Crippen molar-refractivity contribution in [3.05, 3.63) is 70.0 Å². The molecule has 1 aromatic heterocycles. The highest BCUT2D eigenvalue weighted by Gasteiger charge is 2.38. The van der Waals surface area contributed by atoms with E-state index in [4.69, 9.17) is 16.2 Å². The van der Waals surface area contributed by atoms with Crippen molar-refractivity contribution >= 4 is 40.6 Å². The molecule has 1 aliphatic rings. The Morgan fingerprint density at radius 1 is 1.16 bits per heavy atom. The van der Waals surface area contributed by atoms with Gasteiger partial charge in [0.1, 0.15) is 22.5 Å². The number of nitrogen functional groups attached to an aromatic ring is 1. The van der Waals surface area contributed by atoms with Gasteiger partial charge in [0.2, 0.25) is 5.91 Å². The number of nitrogens with zero attached hydrogens (tertiary/aromatic N) is 2. The number of carbonyl (C=O) groups is 3. The molecule has 37 heavy (non-hydrogen) atoms. The van der Waals surface area contributed by atoms with Crippen LogP contribution in [0.15, 0.2) is 42.5 Å². The van der Waals surface area contributed by atoms with Crippen molar-refractivity contribution in [2.75, 3.05) is 17.7 Å². The van der Waals surface area contributed by atoms with Gasteiger partial charge in [-0.2, -0.15) is 4.37 Å². The molecule has 1 atom stereocenters. The Kier molecular flexibility index (Phi) is 7.72. The first kappa shape index (κ1) is 26.1. The van der Waals surface area contributed by atoms with Crippen molar-refractivity contribution in [1.29, 1.82) is 0 Å². The highest BCUT2D eigenvalue weighted by molar-refractivity contribution is 7.09. The Hall–Kier alpha value is -3.99. The maximum Gasteiger partial charge on any atom is 0.273 e. The van der Waals surface area contributed by atoms with Crippen LogP contribution in [0.3, 0.4) is 0 Å². The lowest BCUT2D eigenvalue weighted by molar-refractivity contribution is -0.123. The van der Waals surface area contributed by atoms with E-state index in [1.807, 2.05) is 13.0 Å². The number of hydrogen-bond acceptors (Lipinski definition) is 7. The van der Waals surface area contributed by atoms with Gasteiger partial charge in [0.15, 0.2) is 5.69 Å². The molecule has 3 amide bonds. The molecular weight excluding hydrogens is 497 g/mol. The molecule has 1 fully saturated rings. The number of amides is 3. The second-order valence-corrected chi connectivity index (χ2v) is 9.71. The van der Waals surface area contributed by atoms with Crippen LogP contribution >= 0.6 is 11.5 Å². The van der Waals surface area contributed by atoms with Crippen LogP contribution in [0.25, 0.3) is 0 Å². The molecule has 5 N–H and O–H groups in total. The molecule has 0 spiro atoms. The molecule has 194 valence electrons. The van der Waals surface area contributed by atoms with E-state index >= 15 is 0 Å². The number of benzene rings is 2. The van der Waals surface area contributed by atoms with Crippen LogP contribution in [0.5, 0.6) is 5.75 Å². The molecule has 1 aliphatic carbocycles. The fraction of sp³-hybridized carbons (Fsp3) is 0.308. The predicted molar refractivity (Wildman–Crippen MR) is 139 cm³/mol. The van der Waals surface area contributed by atoms with E-state index in [0.29, 0.717) is 28.5 Å². The number of aromatic nitrogens is 1. The first-order chi connectivity index (χ1) is 17.7. The molecule has 2 aromatic carbocycles. The van der Waals surface area contributed by atoms with Gasteiger partial charge in [-0.1, -0.05) is 31.0 Å². The molecule has 3 aromatic rings. The summed E-state index contributed by atoms with van der Waals surface area (Å²) >= 11 is 0.713. The first-order valence-corrected chi connectivity index (χ1v) is 12.6. The molecule has 9 nitrogen and oxygen atoms in total. The maximum absolute atomic E-state index is 14.2. The van der Waals surface area contributed by atoms with Gasteiger partial charge >= 0.3 is 0 Å². The van der Waals surface area contributed by atoms with Crippen molar-refractivity contribution in [1.82, 2.24) is 9.69 Å². The van der Waals surface area contributed by atoms with Gasteiger partial charge in [-0.15, -0.1) is 0 Å². The minimum absolute atomic E-state index is 0.0401. The van der Waals surface area contributed by atoms with Crippen molar-refractivity contribution < 1.29 is 23.5 Å². The number of nitrogens with two attached hydrogens (primary N) is 2. The summed E-state index contributed by atoms with van der Waals surface area (Å²) in [6, 6.07) is 9.34. The Morgan fingerprint density at radius 3 is 2.43 bits per heavy atom. The molecule has 0 bridgehead atoms. The van der Waals surface area contributed by atoms with E-state index < -0.39 is 29.6 Å². The summed E-state index contributed by atoms with van der Waals surface area (Å²) in [5.41, 5.74) is 12.6. The lowest BCUT2D eigenvalue weighted by atomic mass is 10.0. The van der Waals surface area contributed by atoms with Crippen LogP contribution in [0.4, 0.5) is 15.8 Å². The number of halogens is 1. The predicted octanol–water partition coefficient (Wildman–Crippen LogP) is 3.73. The smallest absolute Gasteiger partial charge is 0.273 e. The second kappa shape index (κ2) is 11.0. The number of hydrogen-bond donors (Lipinski definition) is 3. The van der Waals surface area contributed by atoms with E-state index in [-0.39, 0.29) is 22.3 Å². The molecular formula is C26H28FN5O4S. The molecule has 4 rings (SSSR count). The first-order valence-electron chi connectivity index (χ1n) is 11.8. The monoisotopic (exact) mass is 525 g/mol. The molecule has 1 heterocycles. The van der Waals surface area contributed by atoms with Crippen molar-refractivity contribution in [2.24, 2.45) is 5.73 Å². The highest BCUT2D eigenvalue weighted by atomic mass is 32.1. The van der Waals surface area contributed by atoms with Gasteiger partial charge in [-0.25, -0.2) is 4.39 Å². The summed E-state index contributed by atoms with van der Waals surface area (Å²) in [6.45, 7) is 1.84. The third kappa shape index (κ3) is 5.41. The molecule has 0 radical (unpaired) electrons. The number of nitrogens with one attached hydrogen (secondary N) is 1. The van der Waals surface area contributed by atoms with Gasteiger partial charge in [-0.05, 0) is 66.7 Å². The van der Waals surface area contributed by atoms with Gasteiger partial charge in [0, 0.05) is 6.04 Å². The van der Waals surface area contributed by atoms with E-state index in [1.54, 1.807) is 12.1 Å². The minimum Gasteiger partial charge on any atom is -0.495 e. The zero-order chi connectivity index (χ0) is 26.7. The number of aryl methyl sites for hydroxylation is 1. The number of methoxy groups -OCH3 is 1. The van der Waals surface area contributed by atoms with Crippen LogP contribution in [-0.2, 0) is 4.79 Å². The SMILES string of the molecule is COc1ccc(C)cc1N(C(=O)c1snc(C(N)=O)c1N)[C@@H](C(=O)NC1CCCC1)c1ccc(F)cc1. The largest absolute Gasteiger partial charge is 0.495 e. The zero-order valence-corrected chi connectivity index (χ0v) is 21.3. The third-order valence-electron chi connectivity index (χ3n) is 6.36. The minimum atomic E-state index is -1.21. The Morgan fingerprint density at radius 2 is 1.84 bits per heavy atom.